The van der Waals surface area contributed by atoms with E-state index in [2.05, 4.69) is 15.4 Å². The van der Waals surface area contributed by atoms with Gasteiger partial charge in [-0.05, 0) is 34.9 Å². The van der Waals surface area contributed by atoms with E-state index in [1.165, 1.54) is 12.1 Å². The molecule has 1 aliphatic heterocycles. The summed E-state index contributed by atoms with van der Waals surface area (Å²) in [7, 11) is -3.22. The van der Waals surface area contributed by atoms with Crippen molar-refractivity contribution in [1.82, 2.24) is 20.2 Å². The van der Waals surface area contributed by atoms with E-state index < -0.39 is 27.2 Å². The Bertz CT molecular complexity index is 1160. The number of alkyl halides is 3. The predicted octanol–water partition coefficient (Wildman–Crippen LogP) is 2.11. The van der Waals surface area contributed by atoms with Gasteiger partial charge in [-0.2, -0.15) is 18.0 Å². The van der Waals surface area contributed by atoms with Gasteiger partial charge in [-0.1, -0.05) is 36.4 Å². The van der Waals surface area contributed by atoms with Gasteiger partial charge in [0.15, 0.2) is 9.84 Å². The van der Waals surface area contributed by atoms with Crippen LogP contribution in [0.3, 0.4) is 0 Å². The minimum absolute atomic E-state index is 0.0969. The quantitative estimate of drug-likeness (QED) is 0.655. The van der Waals surface area contributed by atoms with E-state index in [4.69, 9.17) is 0 Å². The third-order valence-corrected chi connectivity index (χ3v) is 6.75. The predicted molar refractivity (Wildman–Crippen MR) is 101 cm³/mol. The average Bonchev–Trinajstić information content (AvgIpc) is 3.08. The van der Waals surface area contributed by atoms with E-state index in [9.17, 15) is 26.7 Å². The fourth-order valence-corrected chi connectivity index (χ4v) is 5.21. The molecule has 0 spiro atoms. The van der Waals surface area contributed by atoms with Gasteiger partial charge in [0.25, 0.3) is 0 Å². The Morgan fingerprint density at radius 1 is 1.07 bits per heavy atom. The number of rotatable bonds is 5. The molecule has 4 rings (SSSR count). The number of tetrazole rings is 1. The van der Waals surface area contributed by atoms with Crippen LogP contribution in [0, 0.1) is 0 Å². The molecule has 30 heavy (non-hydrogen) atoms. The third-order valence-electron chi connectivity index (χ3n) is 4.80. The molecule has 3 aromatic rings. The summed E-state index contributed by atoms with van der Waals surface area (Å²) in [4.78, 5) is 1.15. The molecule has 1 aliphatic rings. The van der Waals surface area contributed by atoms with Crippen LogP contribution in [0.1, 0.15) is 16.7 Å². The number of aliphatic hydroxyl groups is 1. The molecule has 1 fully saturated rings. The maximum atomic E-state index is 12.7. The molecule has 0 aliphatic carbocycles. The smallest absolute Gasteiger partial charge is 0.386 e. The van der Waals surface area contributed by atoms with Gasteiger partial charge in [-0.15, -0.1) is 10.2 Å². The standard InChI is InChI=1S/C19H17F3N4O3S/c20-19(21,22)15-7-5-13(6-8-15)9-14-3-1-2-4-16(14)17-23-25-26(24-17)10-18(27)11-30(28,29)12-18/h1-8,27H,9-12H2. The summed E-state index contributed by atoms with van der Waals surface area (Å²) in [6.07, 6.45) is -4.02. The number of halogens is 3. The second-order valence-electron chi connectivity index (χ2n) is 7.43. The Kier molecular flexibility index (Phi) is 4.89. The molecular formula is C19H17F3N4O3S. The number of sulfone groups is 1. The van der Waals surface area contributed by atoms with Gasteiger partial charge in [-0.3, -0.25) is 0 Å². The number of benzene rings is 2. The maximum absolute atomic E-state index is 12.7. The summed E-state index contributed by atoms with van der Waals surface area (Å²) in [5.74, 6) is -0.411. The second kappa shape index (κ2) is 7.17. The normalized spacial score (nSPS) is 17.5. The second-order valence-corrected chi connectivity index (χ2v) is 9.49. The van der Waals surface area contributed by atoms with Gasteiger partial charge in [0.2, 0.25) is 5.82 Å². The minimum Gasteiger partial charge on any atom is -0.386 e. The topological polar surface area (TPSA) is 98.0 Å². The third kappa shape index (κ3) is 4.36. The molecule has 158 valence electrons. The fourth-order valence-electron chi connectivity index (χ4n) is 3.47. The van der Waals surface area contributed by atoms with Crippen LogP contribution in [0.5, 0.6) is 0 Å². The molecule has 1 aromatic heterocycles. The first-order valence-corrected chi connectivity index (χ1v) is 10.8. The van der Waals surface area contributed by atoms with Crippen molar-refractivity contribution in [1.29, 1.82) is 0 Å². The Labute approximate surface area is 170 Å². The van der Waals surface area contributed by atoms with Gasteiger partial charge in [0.1, 0.15) is 5.60 Å². The summed E-state index contributed by atoms with van der Waals surface area (Å²) in [6.45, 7) is -0.0969. The van der Waals surface area contributed by atoms with E-state index in [0.717, 1.165) is 22.5 Å². The molecule has 0 amide bonds. The lowest BCUT2D eigenvalue weighted by molar-refractivity contribution is -0.137. The first-order valence-electron chi connectivity index (χ1n) is 8.98. The monoisotopic (exact) mass is 438 g/mol. The summed E-state index contributed by atoms with van der Waals surface area (Å²) in [5, 5.41) is 22.3. The number of nitrogens with zero attached hydrogens (tertiary/aromatic N) is 4. The van der Waals surface area contributed by atoms with Crippen molar-refractivity contribution in [3.8, 4) is 11.4 Å². The van der Waals surface area contributed by atoms with Crippen molar-refractivity contribution in [2.24, 2.45) is 0 Å². The lowest BCUT2D eigenvalue weighted by Crippen LogP contribution is -2.57. The van der Waals surface area contributed by atoms with Crippen LogP contribution in [-0.2, 0) is 29.0 Å². The van der Waals surface area contributed by atoms with E-state index in [1.807, 2.05) is 6.07 Å². The largest absolute Gasteiger partial charge is 0.416 e. The lowest BCUT2D eigenvalue weighted by atomic mass is 9.98. The maximum Gasteiger partial charge on any atom is 0.416 e. The first-order chi connectivity index (χ1) is 14.0. The summed E-state index contributed by atoms with van der Waals surface area (Å²) >= 11 is 0. The zero-order valence-corrected chi connectivity index (χ0v) is 16.4. The van der Waals surface area contributed by atoms with E-state index in [1.54, 1.807) is 18.2 Å². The van der Waals surface area contributed by atoms with E-state index >= 15 is 0 Å². The number of hydrogen-bond acceptors (Lipinski definition) is 6. The highest BCUT2D eigenvalue weighted by Gasteiger charge is 2.48. The molecule has 1 saturated heterocycles. The van der Waals surface area contributed by atoms with Crippen LogP contribution in [0.2, 0.25) is 0 Å². The van der Waals surface area contributed by atoms with Crippen LogP contribution < -0.4 is 0 Å². The van der Waals surface area contributed by atoms with Gasteiger partial charge < -0.3 is 5.11 Å². The van der Waals surface area contributed by atoms with Crippen LogP contribution in [0.15, 0.2) is 48.5 Å². The van der Waals surface area contributed by atoms with Gasteiger partial charge in [-0.25, -0.2) is 8.42 Å². The molecule has 0 atom stereocenters. The first kappa shape index (κ1) is 20.5. The molecule has 0 saturated carbocycles. The summed E-state index contributed by atoms with van der Waals surface area (Å²) in [5.41, 5.74) is 0.0202. The minimum atomic E-state index is -4.39. The van der Waals surface area contributed by atoms with Crippen molar-refractivity contribution in [2.75, 3.05) is 11.5 Å². The SMILES string of the molecule is O=S1(=O)CC(O)(Cn2nnc(-c3ccccc3Cc3ccc(C(F)(F)F)cc3)n2)C1. The highest BCUT2D eigenvalue weighted by Crippen LogP contribution is 2.30. The molecular weight excluding hydrogens is 421 g/mol. The molecule has 0 radical (unpaired) electrons. The summed E-state index contributed by atoms with van der Waals surface area (Å²) < 4.78 is 60.9. The molecule has 11 heteroatoms. The van der Waals surface area contributed by atoms with Crippen LogP contribution >= 0.6 is 0 Å². The van der Waals surface area contributed by atoms with Crippen molar-refractivity contribution >= 4 is 9.84 Å². The molecule has 2 heterocycles. The Balaban J connectivity index is 1.53. The molecule has 2 aromatic carbocycles. The molecule has 1 N–H and O–H groups in total. The van der Waals surface area contributed by atoms with E-state index in [0.29, 0.717) is 17.5 Å². The van der Waals surface area contributed by atoms with E-state index in [-0.39, 0.29) is 23.9 Å². The fraction of sp³-hybridized carbons (Fsp3) is 0.316. The number of aromatic nitrogens is 4. The van der Waals surface area contributed by atoms with Crippen molar-refractivity contribution < 1.29 is 26.7 Å². The van der Waals surface area contributed by atoms with Crippen LogP contribution in [-0.4, -0.2) is 50.8 Å². The highest BCUT2D eigenvalue weighted by atomic mass is 32.2. The van der Waals surface area contributed by atoms with Crippen molar-refractivity contribution in [2.45, 2.75) is 24.7 Å². The zero-order valence-electron chi connectivity index (χ0n) is 15.5. The Morgan fingerprint density at radius 2 is 1.73 bits per heavy atom. The average molecular weight is 438 g/mol. The van der Waals surface area contributed by atoms with Crippen LogP contribution in [0.25, 0.3) is 11.4 Å². The zero-order chi connectivity index (χ0) is 21.6. The highest BCUT2D eigenvalue weighted by molar-refractivity contribution is 7.93. The van der Waals surface area contributed by atoms with Crippen molar-refractivity contribution in [3.05, 3.63) is 65.2 Å². The van der Waals surface area contributed by atoms with Gasteiger partial charge >= 0.3 is 6.18 Å². The van der Waals surface area contributed by atoms with Crippen molar-refractivity contribution in [3.63, 3.8) is 0 Å². The lowest BCUT2D eigenvalue weighted by Gasteiger charge is -2.34. The Morgan fingerprint density at radius 3 is 2.37 bits per heavy atom. The van der Waals surface area contributed by atoms with Gasteiger partial charge in [0, 0.05) is 5.56 Å². The Hall–Kier alpha value is -2.79. The summed E-state index contributed by atoms with van der Waals surface area (Å²) in [6, 6.07) is 12.1. The molecule has 0 unspecified atom stereocenters. The van der Waals surface area contributed by atoms with Gasteiger partial charge in [0.05, 0.1) is 23.6 Å². The number of hydrogen-bond donors (Lipinski definition) is 1. The molecule has 0 bridgehead atoms. The van der Waals surface area contributed by atoms with Crippen LogP contribution in [0.4, 0.5) is 13.2 Å². The molecule has 7 nitrogen and oxygen atoms in total.